The van der Waals surface area contributed by atoms with E-state index in [-0.39, 0.29) is 6.04 Å². The van der Waals surface area contributed by atoms with E-state index in [4.69, 9.17) is 5.73 Å². The summed E-state index contributed by atoms with van der Waals surface area (Å²) < 4.78 is 1.17. The van der Waals surface area contributed by atoms with Gasteiger partial charge in [0.2, 0.25) is 0 Å². The molecule has 1 aromatic rings. The molecule has 0 fully saturated rings. The van der Waals surface area contributed by atoms with Crippen molar-refractivity contribution in [2.45, 2.75) is 18.9 Å². The molecular weight excluding hydrogens is 202 g/mol. The number of hydrogen-bond acceptors (Lipinski definition) is 1. The van der Waals surface area contributed by atoms with Gasteiger partial charge in [-0.05, 0) is 30.0 Å². The van der Waals surface area contributed by atoms with Crippen molar-refractivity contribution in [2.24, 2.45) is 5.73 Å². The topological polar surface area (TPSA) is 26.0 Å². The van der Waals surface area contributed by atoms with E-state index >= 15 is 0 Å². The molecule has 1 aliphatic rings. The van der Waals surface area contributed by atoms with Crippen molar-refractivity contribution < 1.29 is 0 Å². The summed E-state index contributed by atoms with van der Waals surface area (Å²) in [5.41, 5.74) is 8.64. The summed E-state index contributed by atoms with van der Waals surface area (Å²) in [6, 6.07) is 6.54. The molecular formula is C9H10BrN. The zero-order valence-corrected chi connectivity index (χ0v) is 7.76. The minimum Gasteiger partial charge on any atom is -0.324 e. The summed E-state index contributed by atoms with van der Waals surface area (Å²) in [5.74, 6) is 0. The summed E-state index contributed by atoms with van der Waals surface area (Å²) in [6.07, 6.45) is 2.23. The fourth-order valence-corrected chi connectivity index (χ4v) is 2.37. The third kappa shape index (κ3) is 1.10. The highest BCUT2D eigenvalue weighted by Crippen LogP contribution is 2.34. The first-order chi connectivity index (χ1) is 5.29. The highest BCUT2D eigenvalue weighted by Gasteiger charge is 2.20. The zero-order chi connectivity index (χ0) is 7.84. The quantitative estimate of drug-likeness (QED) is 0.702. The Bertz CT molecular complexity index is 283. The number of hydrogen-bond donors (Lipinski definition) is 1. The van der Waals surface area contributed by atoms with Crippen LogP contribution in [0.4, 0.5) is 0 Å². The van der Waals surface area contributed by atoms with Crippen LogP contribution in [0.1, 0.15) is 23.6 Å². The van der Waals surface area contributed by atoms with Crippen LogP contribution in [0.3, 0.4) is 0 Å². The van der Waals surface area contributed by atoms with Gasteiger partial charge in [0.1, 0.15) is 0 Å². The molecule has 0 unspecified atom stereocenters. The van der Waals surface area contributed by atoms with E-state index in [9.17, 15) is 0 Å². The molecule has 0 heterocycles. The molecule has 2 rings (SSSR count). The molecule has 2 heteroatoms. The molecule has 2 N–H and O–H groups in total. The van der Waals surface area contributed by atoms with Crippen LogP contribution in [0, 0.1) is 0 Å². The van der Waals surface area contributed by atoms with Gasteiger partial charge in [-0.3, -0.25) is 0 Å². The van der Waals surface area contributed by atoms with Crippen molar-refractivity contribution in [1.82, 2.24) is 0 Å². The molecule has 0 saturated carbocycles. The van der Waals surface area contributed by atoms with Crippen molar-refractivity contribution in [3.8, 4) is 0 Å². The van der Waals surface area contributed by atoms with Gasteiger partial charge in [0.25, 0.3) is 0 Å². The predicted molar refractivity (Wildman–Crippen MR) is 49.4 cm³/mol. The lowest BCUT2D eigenvalue weighted by Gasteiger charge is -2.06. The number of aryl methyl sites for hydroxylation is 1. The first-order valence-electron chi connectivity index (χ1n) is 3.82. The number of benzene rings is 1. The van der Waals surface area contributed by atoms with E-state index in [1.54, 1.807) is 0 Å². The van der Waals surface area contributed by atoms with Gasteiger partial charge in [0, 0.05) is 10.5 Å². The summed E-state index contributed by atoms with van der Waals surface area (Å²) in [4.78, 5) is 0. The second-order valence-electron chi connectivity index (χ2n) is 2.96. The second kappa shape index (κ2) is 2.61. The standard InChI is InChI=1S/C9H10BrN/c10-7-3-1-2-6-4-5-8(11)9(6)7/h1-3,8H,4-5,11H2/t8-/m1/s1. The van der Waals surface area contributed by atoms with Crippen LogP contribution in [-0.4, -0.2) is 0 Å². The molecule has 0 amide bonds. The lowest BCUT2D eigenvalue weighted by Crippen LogP contribution is -2.05. The maximum atomic E-state index is 5.92. The normalized spacial score (nSPS) is 21.8. The highest BCUT2D eigenvalue weighted by molar-refractivity contribution is 9.10. The fraction of sp³-hybridized carbons (Fsp3) is 0.333. The second-order valence-corrected chi connectivity index (χ2v) is 3.81. The fourth-order valence-electron chi connectivity index (χ4n) is 1.67. The van der Waals surface area contributed by atoms with Crippen LogP contribution >= 0.6 is 15.9 Å². The Kier molecular flexibility index (Phi) is 1.74. The van der Waals surface area contributed by atoms with E-state index in [2.05, 4.69) is 34.1 Å². The molecule has 0 aliphatic heterocycles. The Morgan fingerprint density at radius 2 is 2.27 bits per heavy atom. The Balaban J connectivity index is 2.58. The number of fused-ring (bicyclic) bond motifs is 1. The number of nitrogens with two attached hydrogens (primary N) is 1. The zero-order valence-electron chi connectivity index (χ0n) is 6.18. The van der Waals surface area contributed by atoms with Crippen molar-refractivity contribution in [1.29, 1.82) is 0 Å². The number of halogens is 1. The summed E-state index contributed by atoms with van der Waals surface area (Å²) in [7, 11) is 0. The average molecular weight is 212 g/mol. The van der Waals surface area contributed by atoms with Crippen molar-refractivity contribution in [2.75, 3.05) is 0 Å². The van der Waals surface area contributed by atoms with Gasteiger partial charge >= 0.3 is 0 Å². The highest BCUT2D eigenvalue weighted by atomic mass is 79.9. The van der Waals surface area contributed by atoms with Gasteiger partial charge in [-0.1, -0.05) is 28.1 Å². The SMILES string of the molecule is N[C@@H]1CCc2cccc(Br)c21. The third-order valence-corrected chi connectivity index (χ3v) is 2.93. The molecule has 1 aromatic carbocycles. The minimum atomic E-state index is 0.251. The van der Waals surface area contributed by atoms with Crippen LogP contribution in [0.15, 0.2) is 22.7 Å². The lowest BCUT2D eigenvalue weighted by atomic mass is 10.1. The van der Waals surface area contributed by atoms with E-state index in [1.807, 2.05) is 0 Å². The largest absolute Gasteiger partial charge is 0.324 e. The molecule has 11 heavy (non-hydrogen) atoms. The van der Waals surface area contributed by atoms with Crippen LogP contribution in [0.2, 0.25) is 0 Å². The Morgan fingerprint density at radius 1 is 1.45 bits per heavy atom. The number of rotatable bonds is 0. The van der Waals surface area contributed by atoms with Gasteiger partial charge in [-0.25, -0.2) is 0 Å². The van der Waals surface area contributed by atoms with Gasteiger partial charge in [0.05, 0.1) is 0 Å². The first kappa shape index (κ1) is 7.32. The van der Waals surface area contributed by atoms with Crippen LogP contribution in [-0.2, 0) is 6.42 Å². The molecule has 1 atom stereocenters. The minimum absolute atomic E-state index is 0.251. The lowest BCUT2D eigenvalue weighted by molar-refractivity contribution is 0.711. The molecule has 1 nitrogen and oxygen atoms in total. The summed E-state index contributed by atoms with van der Waals surface area (Å²) in [5, 5.41) is 0. The maximum Gasteiger partial charge on any atom is 0.0312 e. The smallest absolute Gasteiger partial charge is 0.0312 e. The predicted octanol–water partition coefficient (Wildman–Crippen LogP) is 2.40. The summed E-state index contributed by atoms with van der Waals surface area (Å²) >= 11 is 3.51. The monoisotopic (exact) mass is 211 g/mol. The average Bonchev–Trinajstić information content (AvgIpc) is 2.34. The molecule has 1 aliphatic carbocycles. The Morgan fingerprint density at radius 3 is 3.00 bits per heavy atom. The van der Waals surface area contributed by atoms with Gasteiger partial charge in [-0.15, -0.1) is 0 Å². The molecule has 0 saturated heterocycles. The van der Waals surface area contributed by atoms with Crippen molar-refractivity contribution in [3.63, 3.8) is 0 Å². The molecule has 0 spiro atoms. The van der Waals surface area contributed by atoms with Crippen LogP contribution in [0.5, 0.6) is 0 Å². The van der Waals surface area contributed by atoms with E-state index < -0.39 is 0 Å². The molecule has 0 radical (unpaired) electrons. The van der Waals surface area contributed by atoms with Crippen molar-refractivity contribution >= 4 is 15.9 Å². The molecule has 58 valence electrons. The van der Waals surface area contributed by atoms with Gasteiger partial charge in [-0.2, -0.15) is 0 Å². The van der Waals surface area contributed by atoms with E-state index in [0.29, 0.717) is 0 Å². The third-order valence-electron chi connectivity index (χ3n) is 2.24. The van der Waals surface area contributed by atoms with Gasteiger partial charge < -0.3 is 5.73 Å². The van der Waals surface area contributed by atoms with Crippen LogP contribution in [0.25, 0.3) is 0 Å². The Hall–Kier alpha value is -0.340. The van der Waals surface area contributed by atoms with Gasteiger partial charge in [0.15, 0.2) is 0 Å². The summed E-state index contributed by atoms with van der Waals surface area (Å²) in [6.45, 7) is 0. The Labute approximate surface area is 74.7 Å². The van der Waals surface area contributed by atoms with E-state index in [0.717, 1.165) is 12.8 Å². The van der Waals surface area contributed by atoms with E-state index in [1.165, 1.54) is 15.6 Å². The first-order valence-corrected chi connectivity index (χ1v) is 4.61. The molecule has 0 aromatic heterocycles. The molecule has 0 bridgehead atoms. The van der Waals surface area contributed by atoms with Crippen LogP contribution < -0.4 is 5.73 Å². The maximum absolute atomic E-state index is 5.92. The van der Waals surface area contributed by atoms with Crippen molar-refractivity contribution in [3.05, 3.63) is 33.8 Å².